The first kappa shape index (κ1) is 10.9. The summed E-state index contributed by atoms with van der Waals surface area (Å²) in [7, 11) is 0. The molecule has 0 aromatic rings. The molecule has 2 heterocycles. The van der Waals surface area contributed by atoms with Gasteiger partial charge in [-0.1, -0.05) is 0 Å². The van der Waals surface area contributed by atoms with Crippen molar-refractivity contribution in [1.82, 2.24) is 10.2 Å². The molecule has 16 heavy (non-hydrogen) atoms. The van der Waals surface area contributed by atoms with Crippen molar-refractivity contribution in [1.29, 1.82) is 0 Å². The summed E-state index contributed by atoms with van der Waals surface area (Å²) in [6.45, 7) is 3.77. The molecule has 3 rings (SSSR count). The van der Waals surface area contributed by atoms with Crippen LogP contribution < -0.4 is 5.32 Å². The van der Waals surface area contributed by atoms with Gasteiger partial charge in [-0.25, -0.2) is 8.78 Å². The Morgan fingerprint density at radius 1 is 1.19 bits per heavy atom. The monoisotopic (exact) mass is 230 g/mol. The molecule has 3 fully saturated rings. The number of nitrogens with zero attached hydrogens (tertiary/aromatic N) is 1. The van der Waals surface area contributed by atoms with Gasteiger partial charge in [0.1, 0.15) is 0 Å². The van der Waals surface area contributed by atoms with Gasteiger partial charge >= 0.3 is 0 Å². The molecule has 0 aromatic carbocycles. The van der Waals surface area contributed by atoms with Crippen LogP contribution in [0.25, 0.3) is 0 Å². The molecule has 1 spiro atoms. The van der Waals surface area contributed by atoms with E-state index in [4.69, 9.17) is 0 Å². The van der Waals surface area contributed by atoms with Gasteiger partial charge in [-0.05, 0) is 45.3 Å². The van der Waals surface area contributed by atoms with Gasteiger partial charge in [0.15, 0.2) is 0 Å². The number of hydrogen-bond donors (Lipinski definition) is 1. The molecule has 0 radical (unpaired) electrons. The van der Waals surface area contributed by atoms with E-state index in [1.807, 2.05) is 0 Å². The van der Waals surface area contributed by atoms with Gasteiger partial charge in [0.05, 0.1) is 5.41 Å². The third-order valence-corrected chi connectivity index (χ3v) is 4.64. The maximum absolute atomic E-state index is 13.4. The van der Waals surface area contributed by atoms with Crippen molar-refractivity contribution >= 4 is 0 Å². The average Bonchev–Trinajstić information content (AvgIpc) is 2.80. The van der Waals surface area contributed by atoms with Gasteiger partial charge in [0, 0.05) is 19.0 Å². The summed E-state index contributed by atoms with van der Waals surface area (Å²) in [4.78, 5) is 2.34. The topological polar surface area (TPSA) is 15.3 Å². The molecule has 1 aliphatic carbocycles. The van der Waals surface area contributed by atoms with Gasteiger partial charge < -0.3 is 5.32 Å². The van der Waals surface area contributed by atoms with E-state index in [-0.39, 0.29) is 6.42 Å². The third-order valence-electron chi connectivity index (χ3n) is 4.64. The van der Waals surface area contributed by atoms with Crippen molar-refractivity contribution in [2.45, 2.75) is 44.1 Å². The fraction of sp³-hybridized carbons (Fsp3) is 1.00. The van der Waals surface area contributed by atoms with E-state index in [2.05, 4.69) is 10.2 Å². The van der Waals surface area contributed by atoms with Crippen molar-refractivity contribution in [3.8, 4) is 0 Å². The molecule has 0 bridgehead atoms. The van der Waals surface area contributed by atoms with Crippen LogP contribution >= 0.6 is 0 Å². The van der Waals surface area contributed by atoms with Crippen molar-refractivity contribution < 1.29 is 8.78 Å². The second kappa shape index (κ2) is 3.64. The summed E-state index contributed by atoms with van der Waals surface area (Å²) < 4.78 is 26.7. The summed E-state index contributed by atoms with van der Waals surface area (Å²) in [6.07, 6.45) is 4.09. The van der Waals surface area contributed by atoms with Crippen LogP contribution in [-0.4, -0.2) is 43.0 Å². The molecule has 4 heteroatoms. The number of rotatable bonds is 1. The Labute approximate surface area is 95.4 Å². The zero-order valence-corrected chi connectivity index (χ0v) is 9.64. The second-order valence-electron chi connectivity index (χ2n) is 5.72. The van der Waals surface area contributed by atoms with Crippen molar-refractivity contribution in [3.63, 3.8) is 0 Å². The molecule has 1 saturated carbocycles. The minimum atomic E-state index is -2.36. The van der Waals surface area contributed by atoms with Crippen LogP contribution in [0.4, 0.5) is 8.78 Å². The van der Waals surface area contributed by atoms with Crippen molar-refractivity contribution in [3.05, 3.63) is 0 Å². The first-order chi connectivity index (χ1) is 7.63. The molecule has 2 nitrogen and oxygen atoms in total. The number of nitrogens with one attached hydrogen (secondary N) is 1. The van der Waals surface area contributed by atoms with Gasteiger partial charge in [-0.2, -0.15) is 0 Å². The number of likely N-dealkylation sites (tertiary alicyclic amines) is 1. The molecule has 1 N–H and O–H groups in total. The maximum Gasteiger partial charge on any atom is 0.255 e. The van der Waals surface area contributed by atoms with Gasteiger partial charge in [0.2, 0.25) is 0 Å². The molecule has 1 atom stereocenters. The summed E-state index contributed by atoms with van der Waals surface area (Å²) >= 11 is 0. The second-order valence-corrected chi connectivity index (χ2v) is 5.72. The smallest absolute Gasteiger partial charge is 0.255 e. The standard InChI is InChI=1S/C12H20F2N2/c13-12(14)8-11(12)4-1-7-16(9-11)10-2-5-15-6-3-10/h10,15H,1-9H2/t11-/m1/s1. The van der Waals surface area contributed by atoms with Crippen LogP contribution in [0.1, 0.15) is 32.1 Å². The highest BCUT2D eigenvalue weighted by molar-refractivity contribution is 5.13. The van der Waals surface area contributed by atoms with Crippen LogP contribution in [0.3, 0.4) is 0 Å². The maximum atomic E-state index is 13.4. The predicted octanol–water partition coefficient (Wildman–Crippen LogP) is 1.86. The third kappa shape index (κ3) is 1.66. The first-order valence-electron chi connectivity index (χ1n) is 6.46. The fourth-order valence-electron chi connectivity index (χ4n) is 3.47. The minimum Gasteiger partial charge on any atom is -0.317 e. The van der Waals surface area contributed by atoms with E-state index < -0.39 is 11.3 Å². The summed E-state index contributed by atoms with van der Waals surface area (Å²) in [5.74, 6) is -2.36. The van der Waals surface area contributed by atoms with Gasteiger partial charge in [0.25, 0.3) is 5.92 Å². The molecule has 2 aliphatic heterocycles. The Bertz CT molecular complexity index is 276. The number of alkyl halides is 2. The summed E-state index contributed by atoms with van der Waals surface area (Å²) in [5.41, 5.74) is -0.629. The number of hydrogen-bond acceptors (Lipinski definition) is 2. The number of piperidine rings is 2. The first-order valence-corrected chi connectivity index (χ1v) is 6.46. The number of halogens is 2. The lowest BCUT2D eigenvalue weighted by Gasteiger charge is -2.40. The zero-order chi connectivity index (χ0) is 11.2. The Hall–Kier alpha value is -0.220. The van der Waals surface area contributed by atoms with Crippen LogP contribution in [0.5, 0.6) is 0 Å². The molecule has 0 unspecified atom stereocenters. The molecule has 3 aliphatic rings. The van der Waals surface area contributed by atoms with E-state index in [9.17, 15) is 8.78 Å². The molecular formula is C12H20F2N2. The predicted molar refractivity (Wildman–Crippen MR) is 58.7 cm³/mol. The largest absolute Gasteiger partial charge is 0.317 e. The zero-order valence-electron chi connectivity index (χ0n) is 9.64. The lowest BCUT2D eigenvalue weighted by atomic mass is 9.91. The summed E-state index contributed by atoms with van der Waals surface area (Å²) in [6, 6.07) is 0.551. The molecule has 92 valence electrons. The van der Waals surface area contributed by atoms with Crippen LogP contribution in [0.2, 0.25) is 0 Å². The normalized spacial score (nSPS) is 40.1. The highest BCUT2D eigenvalue weighted by Gasteiger charge is 2.71. The van der Waals surface area contributed by atoms with E-state index in [0.717, 1.165) is 45.3 Å². The minimum absolute atomic E-state index is 0.140. The van der Waals surface area contributed by atoms with E-state index in [1.54, 1.807) is 0 Å². The Morgan fingerprint density at radius 3 is 2.50 bits per heavy atom. The van der Waals surface area contributed by atoms with Gasteiger partial charge in [-0.15, -0.1) is 0 Å². The van der Waals surface area contributed by atoms with Crippen molar-refractivity contribution in [2.24, 2.45) is 5.41 Å². The van der Waals surface area contributed by atoms with Crippen LogP contribution in [0.15, 0.2) is 0 Å². The van der Waals surface area contributed by atoms with E-state index >= 15 is 0 Å². The van der Waals surface area contributed by atoms with Crippen LogP contribution in [0, 0.1) is 5.41 Å². The van der Waals surface area contributed by atoms with E-state index in [0.29, 0.717) is 12.6 Å². The lowest BCUT2D eigenvalue weighted by molar-refractivity contribution is 0.00831. The highest BCUT2D eigenvalue weighted by Crippen LogP contribution is 2.64. The fourth-order valence-corrected chi connectivity index (χ4v) is 3.47. The lowest BCUT2D eigenvalue weighted by Crippen LogP contribution is -2.48. The Balaban J connectivity index is 1.64. The average molecular weight is 230 g/mol. The highest BCUT2D eigenvalue weighted by atomic mass is 19.3. The molecule has 2 saturated heterocycles. The molecule has 0 aromatic heterocycles. The SMILES string of the molecule is FC1(F)C[C@@]12CCCN(C1CCNCC1)C2. The van der Waals surface area contributed by atoms with Gasteiger partial charge in [-0.3, -0.25) is 4.90 Å². The van der Waals surface area contributed by atoms with E-state index in [1.165, 1.54) is 0 Å². The Morgan fingerprint density at radius 2 is 1.88 bits per heavy atom. The van der Waals surface area contributed by atoms with Crippen molar-refractivity contribution in [2.75, 3.05) is 26.2 Å². The Kier molecular flexibility index (Phi) is 2.48. The quantitative estimate of drug-likeness (QED) is 0.739. The summed E-state index contributed by atoms with van der Waals surface area (Å²) in [5, 5.41) is 3.33. The molecular weight excluding hydrogens is 210 g/mol. The molecule has 0 amide bonds. The van der Waals surface area contributed by atoms with Crippen LogP contribution in [-0.2, 0) is 0 Å².